The lowest BCUT2D eigenvalue weighted by Gasteiger charge is -2.17. The Bertz CT molecular complexity index is 445. The van der Waals surface area contributed by atoms with Gasteiger partial charge >= 0.3 is 0 Å². The summed E-state index contributed by atoms with van der Waals surface area (Å²) in [4.78, 5) is 11.4. The number of hydrogen-bond acceptors (Lipinski definition) is 5. The van der Waals surface area contributed by atoms with Gasteiger partial charge in [0.15, 0.2) is 5.82 Å². The molecule has 2 aromatic heterocycles. The van der Waals surface area contributed by atoms with E-state index in [4.69, 9.17) is 9.26 Å². The summed E-state index contributed by atoms with van der Waals surface area (Å²) in [5.41, 5.74) is 0. The number of rotatable bonds is 2. The van der Waals surface area contributed by atoms with Crippen molar-refractivity contribution in [3.63, 3.8) is 0 Å². The zero-order valence-corrected chi connectivity index (χ0v) is 8.72. The molecule has 1 aliphatic rings. The summed E-state index contributed by atoms with van der Waals surface area (Å²) in [6, 6.07) is 0. The van der Waals surface area contributed by atoms with Gasteiger partial charge in [-0.2, -0.15) is 4.98 Å². The predicted molar refractivity (Wildman–Crippen MR) is 54.7 cm³/mol. The van der Waals surface area contributed by atoms with Crippen molar-refractivity contribution >= 4 is 0 Å². The average molecular weight is 220 g/mol. The molecule has 0 radical (unpaired) electrons. The third kappa shape index (κ3) is 1.71. The van der Waals surface area contributed by atoms with Crippen LogP contribution in [0.4, 0.5) is 0 Å². The highest BCUT2D eigenvalue weighted by Gasteiger charge is 2.22. The van der Waals surface area contributed by atoms with Gasteiger partial charge in [0, 0.05) is 31.5 Å². The molecule has 3 rings (SSSR count). The Hall–Kier alpha value is -1.69. The van der Waals surface area contributed by atoms with Gasteiger partial charge in [0.2, 0.25) is 11.7 Å². The van der Waals surface area contributed by atoms with E-state index in [1.54, 1.807) is 12.4 Å². The number of aromatic amines is 1. The molecule has 6 heteroatoms. The summed E-state index contributed by atoms with van der Waals surface area (Å²) in [6.07, 6.45) is 5.29. The highest BCUT2D eigenvalue weighted by molar-refractivity contribution is 5.40. The van der Waals surface area contributed by atoms with Crippen LogP contribution in [0.2, 0.25) is 0 Å². The van der Waals surface area contributed by atoms with Crippen molar-refractivity contribution in [3.05, 3.63) is 18.3 Å². The quantitative estimate of drug-likeness (QED) is 0.826. The second-order valence-electron chi connectivity index (χ2n) is 3.78. The molecule has 2 aromatic rings. The minimum Gasteiger partial charge on any atom is -0.381 e. The molecule has 1 saturated heterocycles. The molecule has 0 amide bonds. The maximum atomic E-state index is 5.29. The van der Waals surface area contributed by atoms with Crippen molar-refractivity contribution in [1.82, 2.24) is 20.1 Å². The van der Waals surface area contributed by atoms with Crippen molar-refractivity contribution in [2.45, 2.75) is 18.8 Å². The third-order valence-corrected chi connectivity index (χ3v) is 2.72. The summed E-state index contributed by atoms with van der Waals surface area (Å²) >= 11 is 0. The van der Waals surface area contributed by atoms with Crippen LogP contribution < -0.4 is 0 Å². The fourth-order valence-electron chi connectivity index (χ4n) is 1.83. The molecule has 6 nitrogen and oxygen atoms in total. The molecule has 84 valence electrons. The minimum absolute atomic E-state index is 0.324. The van der Waals surface area contributed by atoms with E-state index in [0.717, 1.165) is 26.1 Å². The molecule has 0 atom stereocenters. The van der Waals surface area contributed by atoms with Crippen LogP contribution in [0, 0.1) is 0 Å². The molecule has 0 spiro atoms. The van der Waals surface area contributed by atoms with Crippen molar-refractivity contribution < 1.29 is 9.26 Å². The first-order valence-electron chi connectivity index (χ1n) is 5.34. The number of ether oxygens (including phenoxy) is 1. The van der Waals surface area contributed by atoms with E-state index in [9.17, 15) is 0 Å². The second-order valence-corrected chi connectivity index (χ2v) is 3.78. The lowest BCUT2D eigenvalue weighted by molar-refractivity contribution is 0.0778. The van der Waals surface area contributed by atoms with E-state index in [-0.39, 0.29) is 0 Å². The van der Waals surface area contributed by atoms with Crippen molar-refractivity contribution in [2.24, 2.45) is 0 Å². The van der Waals surface area contributed by atoms with Crippen molar-refractivity contribution in [3.8, 4) is 11.6 Å². The van der Waals surface area contributed by atoms with Crippen LogP contribution in [0.1, 0.15) is 24.7 Å². The number of nitrogens with zero attached hydrogens (tertiary/aromatic N) is 3. The number of nitrogens with one attached hydrogen (secondary N) is 1. The molecular formula is C10H12N4O2. The van der Waals surface area contributed by atoms with Gasteiger partial charge in [-0.3, -0.25) is 0 Å². The third-order valence-electron chi connectivity index (χ3n) is 2.72. The summed E-state index contributed by atoms with van der Waals surface area (Å²) in [5.74, 6) is 2.17. The van der Waals surface area contributed by atoms with E-state index in [2.05, 4.69) is 20.1 Å². The van der Waals surface area contributed by atoms with Crippen LogP contribution in [0.15, 0.2) is 16.9 Å². The van der Waals surface area contributed by atoms with Crippen LogP contribution in [0.5, 0.6) is 0 Å². The maximum absolute atomic E-state index is 5.29. The molecule has 1 N–H and O–H groups in total. The molecule has 0 bridgehead atoms. The molecule has 0 aromatic carbocycles. The first-order valence-corrected chi connectivity index (χ1v) is 5.34. The fourth-order valence-corrected chi connectivity index (χ4v) is 1.83. The number of H-pyrrole nitrogens is 1. The number of imidazole rings is 1. The zero-order valence-electron chi connectivity index (χ0n) is 8.72. The first kappa shape index (κ1) is 9.53. The Balaban J connectivity index is 1.82. The van der Waals surface area contributed by atoms with Crippen LogP contribution in [0.25, 0.3) is 11.6 Å². The molecule has 1 fully saturated rings. The minimum atomic E-state index is 0.324. The van der Waals surface area contributed by atoms with Crippen molar-refractivity contribution in [1.29, 1.82) is 0 Å². The molecule has 0 unspecified atom stereocenters. The Morgan fingerprint density at radius 1 is 1.31 bits per heavy atom. The van der Waals surface area contributed by atoms with Crippen LogP contribution in [-0.4, -0.2) is 33.3 Å². The van der Waals surface area contributed by atoms with Gasteiger partial charge in [0.1, 0.15) is 0 Å². The van der Waals surface area contributed by atoms with Crippen LogP contribution in [0.3, 0.4) is 0 Å². The lowest BCUT2D eigenvalue weighted by atomic mass is 10.0. The second kappa shape index (κ2) is 4.05. The van der Waals surface area contributed by atoms with E-state index >= 15 is 0 Å². The zero-order chi connectivity index (χ0) is 10.8. The van der Waals surface area contributed by atoms with Gasteiger partial charge in [-0.25, -0.2) is 4.98 Å². The van der Waals surface area contributed by atoms with Gasteiger partial charge in [0.25, 0.3) is 0 Å². The summed E-state index contributed by atoms with van der Waals surface area (Å²) < 4.78 is 10.5. The largest absolute Gasteiger partial charge is 0.381 e. The van der Waals surface area contributed by atoms with Gasteiger partial charge in [-0.15, -0.1) is 0 Å². The highest BCUT2D eigenvalue weighted by Crippen LogP contribution is 2.26. The molecule has 0 aliphatic carbocycles. The lowest BCUT2D eigenvalue weighted by Crippen LogP contribution is -2.14. The van der Waals surface area contributed by atoms with Gasteiger partial charge in [0.05, 0.1) is 0 Å². The molecule has 1 aliphatic heterocycles. The smallest absolute Gasteiger partial charge is 0.238 e. The number of hydrogen-bond donors (Lipinski definition) is 1. The van der Waals surface area contributed by atoms with Gasteiger partial charge in [-0.05, 0) is 12.8 Å². The Kier molecular flexibility index (Phi) is 2.41. The van der Waals surface area contributed by atoms with E-state index in [1.165, 1.54) is 0 Å². The van der Waals surface area contributed by atoms with Crippen LogP contribution >= 0.6 is 0 Å². The Labute approximate surface area is 92.0 Å². The Morgan fingerprint density at radius 2 is 2.19 bits per heavy atom. The maximum Gasteiger partial charge on any atom is 0.238 e. The average Bonchev–Trinajstić information content (AvgIpc) is 3.01. The molecule has 3 heterocycles. The number of aromatic nitrogens is 4. The first-order chi connectivity index (χ1) is 7.93. The summed E-state index contributed by atoms with van der Waals surface area (Å²) in [6.45, 7) is 1.53. The SMILES string of the molecule is c1c[nH]c(-c2noc(C3CCOCC3)n2)n1. The normalized spacial score (nSPS) is 17.8. The van der Waals surface area contributed by atoms with Gasteiger partial charge in [-0.1, -0.05) is 5.16 Å². The molecule has 16 heavy (non-hydrogen) atoms. The summed E-state index contributed by atoms with van der Waals surface area (Å²) in [7, 11) is 0. The van der Waals surface area contributed by atoms with Crippen molar-refractivity contribution in [2.75, 3.05) is 13.2 Å². The summed E-state index contributed by atoms with van der Waals surface area (Å²) in [5, 5.41) is 3.91. The topological polar surface area (TPSA) is 76.8 Å². The van der Waals surface area contributed by atoms with Crippen LogP contribution in [-0.2, 0) is 4.74 Å². The Morgan fingerprint density at radius 3 is 2.94 bits per heavy atom. The van der Waals surface area contributed by atoms with E-state index in [0.29, 0.717) is 23.5 Å². The molecule has 0 saturated carbocycles. The van der Waals surface area contributed by atoms with Gasteiger partial charge < -0.3 is 14.2 Å². The van der Waals surface area contributed by atoms with E-state index < -0.39 is 0 Å². The fraction of sp³-hybridized carbons (Fsp3) is 0.500. The van der Waals surface area contributed by atoms with E-state index in [1.807, 2.05) is 0 Å². The monoisotopic (exact) mass is 220 g/mol. The predicted octanol–water partition coefficient (Wildman–Crippen LogP) is 1.35. The highest BCUT2D eigenvalue weighted by atomic mass is 16.5. The molecular weight excluding hydrogens is 208 g/mol. The standard InChI is InChI=1S/C10H12N4O2/c1-5-15-6-2-7(1)10-13-9(14-16-10)8-11-3-4-12-8/h3-4,7H,1-2,5-6H2,(H,11,12).